The predicted molar refractivity (Wildman–Crippen MR) is 185 cm³/mol. The zero-order valence-electron chi connectivity index (χ0n) is 27.7. The molecular formula is C37H53FN4O. The second-order valence-corrected chi connectivity index (χ2v) is 10.6. The van der Waals surface area contributed by atoms with Crippen molar-refractivity contribution in [3.05, 3.63) is 94.2 Å². The van der Waals surface area contributed by atoms with Gasteiger partial charge in [0.25, 0.3) is 5.91 Å². The number of unbranched alkanes of at least 4 members (excludes halogenated alkanes) is 2. The molecule has 3 aromatic rings. The normalized spacial score (nSPS) is 11.6. The van der Waals surface area contributed by atoms with Gasteiger partial charge >= 0.3 is 0 Å². The Labute approximate surface area is 259 Å². The van der Waals surface area contributed by atoms with Crippen molar-refractivity contribution in [2.24, 2.45) is 0 Å². The summed E-state index contributed by atoms with van der Waals surface area (Å²) in [4.78, 5) is 19.3. The Balaban J connectivity index is 0.00000316. The maximum Gasteiger partial charge on any atom is 0.255 e. The Kier molecular flexibility index (Phi) is 15.4. The molecule has 5 nitrogen and oxygen atoms in total. The van der Waals surface area contributed by atoms with Gasteiger partial charge in [-0.3, -0.25) is 4.79 Å². The molecule has 0 fully saturated rings. The molecule has 2 aromatic carbocycles. The minimum atomic E-state index is -0.300. The third kappa shape index (κ3) is 10.2. The lowest BCUT2D eigenvalue weighted by molar-refractivity contribution is 0.102. The van der Waals surface area contributed by atoms with Gasteiger partial charge in [-0.15, -0.1) is 0 Å². The van der Waals surface area contributed by atoms with Crippen LogP contribution in [0.2, 0.25) is 0 Å². The number of amides is 1. The number of benzene rings is 2. The number of allylic oxidation sites excluding steroid dienone is 2. The lowest BCUT2D eigenvalue weighted by Gasteiger charge is -2.24. The van der Waals surface area contributed by atoms with Crippen LogP contribution in [0.1, 0.15) is 108 Å². The van der Waals surface area contributed by atoms with Crippen molar-refractivity contribution in [1.29, 1.82) is 0 Å². The Bertz CT molecular complexity index is 1340. The Hall–Kier alpha value is -3.80. The van der Waals surface area contributed by atoms with Gasteiger partial charge in [-0.1, -0.05) is 72.1 Å². The number of hydrogen-bond acceptors (Lipinski definition) is 3. The second kappa shape index (κ2) is 18.7. The van der Waals surface area contributed by atoms with Crippen molar-refractivity contribution in [1.82, 2.24) is 4.98 Å². The van der Waals surface area contributed by atoms with E-state index in [1.54, 1.807) is 12.1 Å². The van der Waals surface area contributed by atoms with Crippen LogP contribution in [0.15, 0.2) is 65.9 Å². The van der Waals surface area contributed by atoms with Gasteiger partial charge in [-0.2, -0.15) is 0 Å². The third-order valence-electron chi connectivity index (χ3n) is 7.48. The summed E-state index contributed by atoms with van der Waals surface area (Å²) >= 11 is 0. The van der Waals surface area contributed by atoms with Crippen LogP contribution in [0.4, 0.5) is 21.5 Å². The number of nitrogens with zero attached hydrogens (tertiary/aromatic N) is 1. The number of H-pyrrole nitrogens is 1. The van der Waals surface area contributed by atoms with Crippen molar-refractivity contribution >= 4 is 29.0 Å². The van der Waals surface area contributed by atoms with Crippen LogP contribution in [0, 0.1) is 12.7 Å². The molecule has 0 radical (unpaired) electrons. The first-order valence-corrected chi connectivity index (χ1v) is 16.1. The van der Waals surface area contributed by atoms with Gasteiger partial charge in [0.15, 0.2) is 0 Å². The van der Waals surface area contributed by atoms with Gasteiger partial charge < -0.3 is 20.5 Å². The highest BCUT2D eigenvalue weighted by Crippen LogP contribution is 2.29. The smallest absolute Gasteiger partial charge is 0.255 e. The monoisotopic (exact) mass is 588 g/mol. The van der Waals surface area contributed by atoms with E-state index in [2.05, 4.69) is 60.3 Å². The lowest BCUT2D eigenvalue weighted by atomic mass is 10.1. The van der Waals surface area contributed by atoms with Crippen molar-refractivity contribution in [3.8, 4) is 0 Å². The summed E-state index contributed by atoms with van der Waals surface area (Å²) < 4.78 is 14.4. The molecule has 234 valence electrons. The molecule has 0 bridgehead atoms. The number of aromatic amines is 1. The van der Waals surface area contributed by atoms with E-state index >= 15 is 0 Å². The van der Waals surface area contributed by atoms with E-state index in [1.165, 1.54) is 25.3 Å². The first-order valence-electron chi connectivity index (χ1n) is 16.1. The van der Waals surface area contributed by atoms with E-state index in [-0.39, 0.29) is 11.7 Å². The quantitative estimate of drug-likeness (QED) is 0.122. The van der Waals surface area contributed by atoms with E-state index in [9.17, 15) is 9.18 Å². The molecule has 43 heavy (non-hydrogen) atoms. The fraction of sp³-hybridized carbons (Fsp3) is 0.432. The predicted octanol–water partition coefficient (Wildman–Crippen LogP) is 10.5. The summed E-state index contributed by atoms with van der Waals surface area (Å²) in [6.45, 7) is 18.6. The van der Waals surface area contributed by atoms with Crippen LogP contribution in [0.25, 0.3) is 6.08 Å². The van der Waals surface area contributed by atoms with Crippen LogP contribution >= 0.6 is 0 Å². The largest absolute Gasteiger partial charge is 0.372 e. The van der Waals surface area contributed by atoms with Crippen LogP contribution in [-0.2, 0) is 6.42 Å². The number of nitrogens with one attached hydrogen (secondary N) is 3. The summed E-state index contributed by atoms with van der Waals surface area (Å²) in [6, 6.07) is 14.6. The zero-order chi connectivity index (χ0) is 31.8. The molecule has 0 spiro atoms. The maximum atomic E-state index is 14.4. The zero-order valence-corrected chi connectivity index (χ0v) is 27.7. The first kappa shape index (κ1) is 35.4. The molecule has 1 aromatic heterocycles. The van der Waals surface area contributed by atoms with E-state index < -0.39 is 0 Å². The third-order valence-corrected chi connectivity index (χ3v) is 7.48. The highest BCUT2D eigenvalue weighted by Gasteiger charge is 2.17. The average Bonchev–Trinajstić information content (AvgIpc) is 3.33. The lowest BCUT2D eigenvalue weighted by Crippen LogP contribution is -2.25. The highest BCUT2D eigenvalue weighted by molar-refractivity contribution is 6.06. The summed E-state index contributed by atoms with van der Waals surface area (Å²) in [7, 11) is 0. The molecule has 1 heterocycles. The number of rotatable bonds is 15. The number of para-hydroxylation sites is 1. The SMILES string of the molecule is CC.CCCCCN(CCC)c1ccc(C(=O)Nc2c(CC)[nH]c(C)c2/C=C\C(Nc2ccccc2F)=C(C)CC)cc1. The number of halogens is 1. The molecular weight excluding hydrogens is 535 g/mol. The second-order valence-electron chi connectivity index (χ2n) is 10.6. The van der Waals surface area contributed by atoms with Crippen molar-refractivity contribution in [3.63, 3.8) is 0 Å². The van der Waals surface area contributed by atoms with Gasteiger partial charge in [-0.25, -0.2) is 4.39 Å². The number of aryl methyl sites for hydroxylation is 2. The minimum Gasteiger partial charge on any atom is -0.372 e. The minimum absolute atomic E-state index is 0.141. The molecule has 0 saturated heterocycles. The fourth-order valence-corrected chi connectivity index (χ4v) is 4.88. The fourth-order valence-electron chi connectivity index (χ4n) is 4.88. The Morgan fingerprint density at radius 3 is 2.23 bits per heavy atom. The van der Waals surface area contributed by atoms with Crippen LogP contribution in [0.3, 0.4) is 0 Å². The summed E-state index contributed by atoms with van der Waals surface area (Å²) in [6.07, 6.45) is 10.2. The van der Waals surface area contributed by atoms with Gasteiger partial charge in [0.2, 0.25) is 0 Å². The summed E-state index contributed by atoms with van der Waals surface area (Å²) in [5.74, 6) is -0.441. The van der Waals surface area contributed by atoms with E-state index in [0.29, 0.717) is 11.3 Å². The molecule has 6 heteroatoms. The molecule has 0 unspecified atom stereocenters. The molecule has 0 saturated carbocycles. The number of carbonyl (C=O) groups excluding carboxylic acids is 1. The topological polar surface area (TPSA) is 60.2 Å². The number of hydrogen-bond donors (Lipinski definition) is 3. The molecule has 0 aliphatic rings. The van der Waals surface area contributed by atoms with Gasteiger partial charge in [0.05, 0.1) is 11.4 Å². The molecule has 3 N–H and O–H groups in total. The van der Waals surface area contributed by atoms with Crippen LogP contribution < -0.4 is 15.5 Å². The average molecular weight is 589 g/mol. The van der Waals surface area contributed by atoms with E-state index in [4.69, 9.17) is 0 Å². The first-order chi connectivity index (χ1) is 20.8. The highest BCUT2D eigenvalue weighted by atomic mass is 19.1. The van der Waals surface area contributed by atoms with Gasteiger partial charge in [0.1, 0.15) is 5.82 Å². The Morgan fingerprint density at radius 1 is 0.930 bits per heavy atom. The van der Waals surface area contributed by atoms with Crippen LogP contribution in [-0.4, -0.2) is 24.0 Å². The van der Waals surface area contributed by atoms with Gasteiger partial charge in [0, 0.05) is 47.0 Å². The number of anilines is 3. The van der Waals surface area contributed by atoms with E-state index in [1.807, 2.05) is 58.0 Å². The van der Waals surface area contributed by atoms with Crippen molar-refractivity contribution in [2.45, 2.75) is 93.9 Å². The van der Waals surface area contributed by atoms with Gasteiger partial charge in [-0.05, 0) is 88.1 Å². The molecule has 1 amide bonds. The molecule has 0 atom stereocenters. The van der Waals surface area contributed by atoms with Crippen molar-refractivity contribution in [2.75, 3.05) is 28.6 Å². The number of carbonyl (C=O) groups is 1. The molecule has 3 rings (SSSR count). The maximum absolute atomic E-state index is 14.4. The number of aromatic nitrogens is 1. The standard InChI is InChI=1S/C35H47FN4O.C2H6/c1-7-11-14-24-40(23-8-2)28-19-17-27(18-20-28)35(41)39-34-29(26(6)37-31(34)10-4)21-22-32(25(5)9-3)38-33-16-13-12-15-30(33)36;1-2/h12-13,15-22,37-38H,7-11,14,23-24H2,1-6H3,(H,39,41);1-2H3/b22-21-,32-25?;. The summed E-state index contributed by atoms with van der Waals surface area (Å²) in [5, 5.41) is 6.43. The summed E-state index contributed by atoms with van der Waals surface area (Å²) in [5.41, 5.74) is 7.77. The molecule has 0 aliphatic carbocycles. The van der Waals surface area contributed by atoms with Crippen molar-refractivity contribution < 1.29 is 9.18 Å². The van der Waals surface area contributed by atoms with Crippen LogP contribution in [0.5, 0.6) is 0 Å². The van der Waals surface area contributed by atoms with E-state index in [0.717, 1.165) is 71.9 Å². The Morgan fingerprint density at radius 2 is 1.63 bits per heavy atom. The molecule has 0 aliphatic heterocycles.